The number of hydrogen-bond acceptors (Lipinski definition) is 12. The summed E-state index contributed by atoms with van der Waals surface area (Å²) in [6.07, 6.45) is 7.66. The molecule has 2 rings (SSSR count). The molecule has 2 aliphatic heterocycles. The minimum Gasteiger partial charge on any atom is -0.463 e. The topological polar surface area (TPSA) is 185 Å². The fourth-order valence-electron chi connectivity index (χ4n) is 6.08. The molecule has 0 saturated carbocycles. The molecule has 1 N–H and O–H groups in total. The number of carbonyl (C=O) groups is 3. The van der Waals surface area contributed by atoms with Crippen LogP contribution in [-0.2, 0) is 47.5 Å². The molecule has 0 aromatic rings. The number of rotatable bonds is 22. The van der Waals surface area contributed by atoms with Crippen molar-refractivity contribution in [1.82, 2.24) is 0 Å². The van der Waals surface area contributed by atoms with Crippen molar-refractivity contribution in [2.45, 2.75) is 180 Å². The van der Waals surface area contributed by atoms with Gasteiger partial charge in [0.05, 0.1) is 24.9 Å². The minimum atomic E-state index is -1.60. The summed E-state index contributed by atoms with van der Waals surface area (Å²) in [6.45, 7) is 8.69. The summed E-state index contributed by atoms with van der Waals surface area (Å²) in [4.78, 5) is 38.2. The Morgan fingerprint density at radius 1 is 0.830 bits per heavy atom. The smallest absolute Gasteiger partial charge is 0.303 e. The van der Waals surface area contributed by atoms with E-state index in [1.54, 1.807) is 13.8 Å². The highest BCUT2D eigenvalue weighted by atomic mass is 16.8. The standard InChI is InChI=1S/C33H57N3O11/c1-7-8-9-10-11-12-13-14-15-16-17-18-19-26-29(47-33(5,6)46-26)25(35-36-34)20-42-32-28(40)31(44-24(4)39)30(43-23(3)38)27(45-32)21-41-22(2)37/h25-32,40H,7-21H2,1-6H3/t25-,26-,27?,28?,29+,30+,31-,32-/m1/s1. The van der Waals surface area contributed by atoms with E-state index in [4.69, 9.17) is 33.2 Å². The van der Waals surface area contributed by atoms with Gasteiger partial charge in [0.1, 0.15) is 18.8 Å². The molecule has 0 radical (unpaired) electrons. The summed E-state index contributed by atoms with van der Waals surface area (Å²) in [5.74, 6) is -3.00. The molecule has 2 unspecified atom stereocenters. The van der Waals surface area contributed by atoms with Crippen molar-refractivity contribution in [3.63, 3.8) is 0 Å². The molecule has 2 heterocycles. The Bertz CT molecular complexity index is 1010. The van der Waals surface area contributed by atoms with Gasteiger partial charge in [-0.3, -0.25) is 14.4 Å². The molecule has 0 aromatic carbocycles. The SMILES string of the molecule is CCCCCCCCCCCCCC[C@H]1OC(C)(C)O[C@H]1[C@@H](CO[C@@H]1OC(COC(C)=O)[C@H](OC(C)=O)[C@H](OC(C)=O)C1O)N=[N+]=[N-]. The van der Waals surface area contributed by atoms with Gasteiger partial charge in [-0.1, -0.05) is 89.1 Å². The van der Waals surface area contributed by atoms with Crippen molar-refractivity contribution < 1.29 is 52.6 Å². The summed E-state index contributed by atoms with van der Waals surface area (Å²) >= 11 is 0. The molecule has 0 amide bonds. The Morgan fingerprint density at radius 2 is 1.38 bits per heavy atom. The van der Waals surface area contributed by atoms with E-state index in [2.05, 4.69) is 16.9 Å². The molecule has 8 atom stereocenters. The maximum Gasteiger partial charge on any atom is 0.303 e. The second-order valence-electron chi connectivity index (χ2n) is 12.9. The maximum absolute atomic E-state index is 11.9. The maximum atomic E-state index is 11.9. The van der Waals surface area contributed by atoms with Crippen LogP contribution in [0.2, 0.25) is 0 Å². The van der Waals surface area contributed by atoms with Gasteiger partial charge in [-0.05, 0) is 25.8 Å². The van der Waals surface area contributed by atoms with Crippen LogP contribution < -0.4 is 0 Å². The fraction of sp³-hybridized carbons (Fsp3) is 0.909. The lowest BCUT2D eigenvalue weighted by molar-refractivity contribution is -0.307. The van der Waals surface area contributed by atoms with Crippen LogP contribution in [-0.4, -0.2) is 91.0 Å². The highest BCUT2D eigenvalue weighted by Gasteiger charge is 2.51. The first kappa shape index (κ1) is 40.7. The van der Waals surface area contributed by atoms with E-state index in [-0.39, 0.29) is 19.3 Å². The number of ether oxygens (including phenoxy) is 7. The van der Waals surface area contributed by atoms with Crippen molar-refractivity contribution in [1.29, 1.82) is 0 Å². The highest BCUT2D eigenvalue weighted by molar-refractivity contribution is 5.67. The molecule has 0 aliphatic carbocycles. The Hall–Kier alpha value is -2.48. The lowest BCUT2D eigenvalue weighted by atomic mass is 9.98. The number of nitrogens with zero attached hydrogens (tertiary/aromatic N) is 3. The van der Waals surface area contributed by atoms with E-state index < -0.39 is 66.5 Å². The molecule has 14 heteroatoms. The van der Waals surface area contributed by atoms with Crippen molar-refractivity contribution in [2.24, 2.45) is 5.11 Å². The van der Waals surface area contributed by atoms with E-state index in [9.17, 15) is 25.0 Å². The first-order valence-corrected chi connectivity index (χ1v) is 17.2. The van der Waals surface area contributed by atoms with Crippen LogP contribution in [0.15, 0.2) is 5.11 Å². The quantitative estimate of drug-likeness (QED) is 0.0366. The van der Waals surface area contributed by atoms with Crippen LogP contribution >= 0.6 is 0 Å². The monoisotopic (exact) mass is 671 g/mol. The second kappa shape index (κ2) is 21.5. The Morgan fingerprint density at radius 3 is 1.91 bits per heavy atom. The summed E-state index contributed by atoms with van der Waals surface area (Å²) < 4.78 is 39.8. The molecule has 0 bridgehead atoms. The molecule has 2 aliphatic rings. The third kappa shape index (κ3) is 15.1. The number of aliphatic hydroxyl groups excluding tert-OH is 1. The Labute approximate surface area is 279 Å². The largest absolute Gasteiger partial charge is 0.463 e. The molecular formula is C33H57N3O11. The van der Waals surface area contributed by atoms with Crippen LogP contribution in [0.4, 0.5) is 0 Å². The van der Waals surface area contributed by atoms with E-state index in [0.29, 0.717) is 6.42 Å². The zero-order valence-corrected chi connectivity index (χ0v) is 29.1. The molecule has 270 valence electrons. The molecular weight excluding hydrogens is 614 g/mol. The van der Waals surface area contributed by atoms with Gasteiger partial charge in [0, 0.05) is 25.7 Å². The summed E-state index contributed by atoms with van der Waals surface area (Å²) in [7, 11) is 0. The minimum absolute atomic E-state index is 0.240. The zero-order chi connectivity index (χ0) is 34.8. The van der Waals surface area contributed by atoms with Gasteiger partial charge in [0.2, 0.25) is 0 Å². The van der Waals surface area contributed by atoms with E-state index in [1.807, 2.05) is 0 Å². The Balaban J connectivity index is 1.99. The van der Waals surface area contributed by atoms with Crippen molar-refractivity contribution in [3.8, 4) is 0 Å². The Kier molecular flexibility index (Phi) is 18.6. The predicted molar refractivity (Wildman–Crippen MR) is 171 cm³/mol. The average Bonchev–Trinajstić information content (AvgIpc) is 3.31. The van der Waals surface area contributed by atoms with E-state index >= 15 is 0 Å². The number of aliphatic hydroxyl groups is 1. The molecule has 0 aromatic heterocycles. The van der Waals surface area contributed by atoms with Crippen LogP contribution in [0.3, 0.4) is 0 Å². The number of azide groups is 1. The predicted octanol–water partition coefficient (Wildman–Crippen LogP) is 5.81. The zero-order valence-electron chi connectivity index (χ0n) is 29.1. The van der Waals surface area contributed by atoms with E-state index in [1.165, 1.54) is 64.7 Å². The third-order valence-electron chi connectivity index (χ3n) is 8.24. The van der Waals surface area contributed by atoms with Crippen LogP contribution in [0.5, 0.6) is 0 Å². The van der Waals surface area contributed by atoms with Crippen molar-refractivity contribution in [2.75, 3.05) is 13.2 Å². The van der Waals surface area contributed by atoms with Gasteiger partial charge in [-0.25, -0.2) is 0 Å². The first-order valence-electron chi connectivity index (χ1n) is 17.2. The van der Waals surface area contributed by atoms with Crippen molar-refractivity contribution >= 4 is 17.9 Å². The van der Waals surface area contributed by atoms with Gasteiger partial charge in [-0.15, -0.1) is 0 Å². The van der Waals surface area contributed by atoms with Gasteiger partial charge in [0.25, 0.3) is 0 Å². The number of carbonyl (C=O) groups excluding carboxylic acids is 3. The molecule has 47 heavy (non-hydrogen) atoms. The van der Waals surface area contributed by atoms with Crippen LogP contribution in [0.25, 0.3) is 10.4 Å². The summed E-state index contributed by atoms with van der Waals surface area (Å²) in [5, 5.41) is 15.0. The number of hydrogen-bond donors (Lipinski definition) is 1. The third-order valence-corrected chi connectivity index (χ3v) is 8.24. The number of unbranched alkanes of at least 4 members (excludes halogenated alkanes) is 11. The average molecular weight is 672 g/mol. The summed E-state index contributed by atoms with van der Waals surface area (Å²) in [5.41, 5.74) is 9.39. The molecule has 0 spiro atoms. The van der Waals surface area contributed by atoms with Crippen molar-refractivity contribution in [3.05, 3.63) is 10.4 Å². The van der Waals surface area contributed by atoms with Gasteiger partial charge in [-0.2, -0.15) is 0 Å². The number of esters is 3. The normalized spacial score (nSPS) is 27.4. The van der Waals surface area contributed by atoms with Crippen LogP contribution in [0, 0.1) is 0 Å². The molecule has 14 nitrogen and oxygen atoms in total. The summed E-state index contributed by atoms with van der Waals surface area (Å²) in [6, 6.07) is -0.856. The lowest BCUT2D eigenvalue weighted by Gasteiger charge is -2.43. The van der Waals surface area contributed by atoms with E-state index in [0.717, 1.165) is 33.1 Å². The lowest BCUT2D eigenvalue weighted by Crippen LogP contribution is -2.62. The van der Waals surface area contributed by atoms with Gasteiger partial charge < -0.3 is 38.3 Å². The van der Waals surface area contributed by atoms with Gasteiger partial charge in [0.15, 0.2) is 24.3 Å². The molecule has 2 saturated heterocycles. The van der Waals surface area contributed by atoms with Crippen LogP contribution in [0.1, 0.15) is 125 Å². The second-order valence-corrected chi connectivity index (χ2v) is 12.9. The first-order chi connectivity index (χ1) is 22.4. The molecule has 2 fully saturated rings. The highest BCUT2D eigenvalue weighted by Crippen LogP contribution is 2.35. The van der Waals surface area contributed by atoms with Gasteiger partial charge >= 0.3 is 17.9 Å². The fourth-order valence-corrected chi connectivity index (χ4v) is 6.08.